The van der Waals surface area contributed by atoms with Crippen molar-refractivity contribution in [3.05, 3.63) is 35.9 Å². The fourth-order valence-electron chi connectivity index (χ4n) is 4.18. The largest absolute Gasteiger partial charge is 0.304 e. The summed E-state index contributed by atoms with van der Waals surface area (Å²) in [6.07, 6.45) is 5.56. The van der Waals surface area contributed by atoms with Gasteiger partial charge in [-0.2, -0.15) is 0 Å². The van der Waals surface area contributed by atoms with E-state index >= 15 is 0 Å². The Kier molecular flexibility index (Phi) is 3.89. The van der Waals surface area contributed by atoms with E-state index in [1.807, 2.05) is 25.3 Å². The predicted molar refractivity (Wildman–Crippen MR) is 93.3 cm³/mol. The molecule has 5 heterocycles. The Labute approximate surface area is 143 Å². The highest BCUT2D eigenvalue weighted by molar-refractivity contribution is 7.88. The van der Waals surface area contributed by atoms with Crippen LogP contribution in [0, 0.1) is 12.8 Å². The maximum Gasteiger partial charge on any atom is 0.211 e. The van der Waals surface area contributed by atoms with Crippen molar-refractivity contribution in [3.8, 4) is 0 Å². The molecule has 0 spiro atoms. The number of piperidine rings is 1. The number of hydrogen-bond acceptors (Lipinski definition) is 4. The van der Waals surface area contributed by atoms with Crippen LogP contribution in [0.25, 0.3) is 5.52 Å². The molecule has 5 rings (SSSR count). The molecule has 7 heteroatoms. The standard InChI is InChI=1S/C17H24N4O2S/c1-13-18-16(17-5-3-4-8-21(13)17)12-19-9-14-6-7-15(19)11-20(10-14)24(2,22)23/h3-5,8,14-15H,6-7,9-12H2,1-2H3/t14-,15-/m1/s1. The maximum atomic E-state index is 12.0. The van der Waals surface area contributed by atoms with Crippen LogP contribution in [0.4, 0.5) is 0 Å². The molecule has 3 fully saturated rings. The average molecular weight is 348 g/mol. The van der Waals surface area contributed by atoms with E-state index in [9.17, 15) is 8.42 Å². The summed E-state index contributed by atoms with van der Waals surface area (Å²) in [6, 6.07) is 6.46. The molecule has 0 unspecified atom stereocenters. The zero-order valence-corrected chi connectivity index (χ0v) is 15.0. The van der Waals surface area contributed by atoms with E-state index in [0.29, 0.717) is 25.0 Å². The zero-order chi connectivity index (χ0) is 16.9. The molecular formula is C17H24N4O2S. The van der Waals surface area contributed by atoms with E-state index in [4.69, 9.17) is 4.98 Å². The summed E-state index contributed by atoms with van der Waals surface area (Å²) < 4.78 is 27.8. The minimum atomic E-state index is -3.11. The summed E-state index contributed by atoms with van der Waals surface area (Å²) in [4.78, 5) is 7.19. The third-order valence-electron chi connectivity index (χ3n) is 5.42. The maximum absolute atomic E-state index is 12.0. The Morgan fingerprint density at radius 3 is 2.83 bits per heavy atom. The number of rotatable bonds is 3. The van der Waals surface area contributed by atoms with Crippen LogP contribution in [0.2, 0.25) is 0 Å². The van der Waals surface area contributed by atoms with E-state index in [2.05, 4.69) is 15.4 Å². The lowest BCUT2D eigenvalue weighted by atomic mass is 9.95. The lowest BCUT2D eigenvalue weighted by molar-refractivity contribution is 0.124. The van der Waals surface area contributed by atoms with Crippen LogP contribution in [0.5, 0.6) is 0 Å². The highest BCUT2D eigenvalue weighted by atomic mass is 32.2. The third kappa shape index (κ3) is 2.85. The van der Waals surface area contributed by atoms with Crippen LogP contribution in [0.15, 0.2) is 24.4 Å². The molecule has 0 radical (unpaired) electrons. The zero-order valence-electron chi connectivity index (χ0n) is 14.2. The van der Waals surface area contributed by atoms with Crippen molar-refractivity contribution in [3.63, 3.8) is 0 Å². The first-order chi connectivity index (χ1) is 11.4. The van der Waals surface area contributed by atoms with Crippen LogP contribution in [-0.2, 0) is 16.6 Å². The molecule has 3 aliphatic heterocycles. The van der Waals surface area contributed by atoms with Gasteiger partial charge in [0, 0.05) is 38.4 Å². The average Bonchev–Trinajstić information content (AvgIpc) is 2.71. The minimum absolute atomic E-state index is 0.291. The lowest BCUT2D eigenvalue weighted by Crippen LogP contribution is -2.43. The van der Waals surface area contributed by atoms with Crippen molar-refractivity contribution in [1.82, 2.24) is 18.6 Å². The molecule has 24 heavy (non-hydrogen) atoms. The Balaban J connectivity index is 1.61. The summed E-state index contributed by atoms with van der Waals surface area (Å²) in [5, 5.41) is 0. The number of nitrogens with zero attached hydrogens (tertiary/aromatic N) is 4. The van der Waals surface area contributed by atoms with Gasteiger partial charge in [-0.05, 0) is 37.8 Å². The normalized spacial score (nSPS) is 26.1. The Morgan fingerprint density at radius 2 is 2.04 bits per heavy atom. The molecule has 0 aromatic carbocycles. The summed E-state index contributed by atoms with van der Waals surface area (Å²) in [5.74, 6) is 1.42. The monoisotopic (exact) mass is 348 g/mol. The van der Waals surface area contributed by atoms with Gasteiger partial charge in [-0.25, -0.2) is 17.7 Å². The minimum Gasteiger partial charge on any atom is -0.304 e. The highest BCUT2D eigenvalue weighted by Crippen LogP contribution is 2.30. The molecule has 0 aliphatic carbocycles. The van der Waals surface area contributed by atoms with Crippen LogP contribution < -0.4 is 0 Å². The molecule has 0 N–H and O–H groups in total. The number of sulfonamides is 1. The van der Waals surface area contributed by atoms with E-state index < -0.39 is 10.0 Å². The second kappa shape index (κ2) is 5.82. The summed E-state index contributed by atoms with van der Waals surface area (Å²) in [6.45, 7) is 5.05. The molecular weight excluding hydrogens is 324 g/mol. The molecule has 6 nitrogen and oxygen atoms in total. The van der Waals surface area contributed by atoms with Crippen molar-refractivity contribution < 1.29 is 8.42 Å². The first kappa shape index (κ1) is 16.1. The fourth-order valence-corrected chi connectivity index (χ4v) is 5.10. The van der Waals surface area contributed by atoms with E-state index in [1.165, 1.54) is 6.26 Å². The first-order valence-corrected chi connectivity index (χ1v) is 10.4. The summed E-state index contributed by atoms with van der Waals surface area (Å²) in [5.41, 5.74) is 2.24. The van der Waals surface area contributed by atoms with Crippen molar-refractivity contribution in [2.45, 2.75) is 32.4 Å². The van der Waals surface area contributed by atoms with Gasteiger partial charge in [-0.1, -0.05) is 6.07 Å². The molecule has 3 aliphatic rings. The van der Waals surface area contributed by atoms with Gasteiger partial charge in [0.05, 0.1) is 17.5 Å². The molecule has 2 bridgehead atoms. The van der Waals surface area contributed by atoms with E-state index in [-0.39, 0.29) is 0 Å². The summed E-state index contributed by atoms with van der Waals surface area (Å²) >= 11 is 0. The Bertz CT molecular complexity index is 861. The van der Waals surface area contributed by atoms with Crippen molar-refractivity contribution in [2.75, 3.05) is 25.9 Å². The fraction of sp³-hybridized carbons (Fsp3) is 0.588. The van der Waals surface area contributed by atoms with Gasteiger partial charge in [0.15, 0.2) is 0 Å². The number of fused-ring (bicyclic) bond motifs is 5. The number of aryl methyl sites for hydroxylation is 1. The second-order valence-corrected chi connectivity index (χ2v) is 9.15. The van der Waals surface area contributed by atoms with Gasteiger partial charge in [0.1, 0.15) is 5.82 Å². The van der Waals surface area contributed by atoms with Gasteiger partial charge in [0.2, 0.25) is 10.0 Å². The van der Waals surface area contributed by atoms with Crippen LogP contribution >= 0.6 is 0 Å². The number of hydrogen-bond donors (Lipinski definition) is 0. The van der Waals surface area contributed by atoms with Crippen molar-refractivity contribution >= 4 is 15.5 Å². The van der Waals surface area contributed by atoms with Crippen LogP contribution in [0.1, 0.15) is 24.4 Å². The molecule has 2 aromatic heterocycles. The first-order valence-electron chi connectivity index (χ1n) is 8.53. The molecule has 130 valence electrons. The van der Waals surface area contributed by atoms with Gasteiger partial charge in [-0.15, -0.1) is 0 Å². The van der Waals surface area contributed by atoms with Gasteiger partial charge in [0.25, 0.3) is 0 Å². The van der Waals surface area contributed by atoms with E-state index in [1.54, 1.807) is 4.31 Å². The van der Waals surface area contributed by atoms with Crippen LogP contribution in [0.3, 0.4) is 0 Å². The number of aromatic nitrogens is 2. The van der Waals surface area contributed by atoms with Crippen molar-refractivity contribution in [1.29, 1.82) is 0 Å². The summed E-state index contributed by atoms with van der Waals surface area (Å²) in [7, 11) is -3.11. The molecule has 2 aromatic rings. The van der Waals surface area contributed by atoms with Gasteiger partial charge < -0.3 is 4.40 Å². The highest BCUT2D eigenvalue weighted by Gasteiger charge is 2.37. The quantitative estimate of drug-likeness (QED) is 0.843. The van der Waals surface area contributed by atoms with Gasteiger partial charge >= 0.3 is 0 Å². The topological polar surface area (TPSA) is 57.9 Å². The molecule has 0 saturated carbocycles. The van der Waals surface area contributed by atoms with Crippen LogP contribution in [-0.4, -0.2) is 58.9 Å². The number of imidazole rings is 1. The lowest BCUT2D eigenvalue weighted by Gasteiger charge is -2.35. The predicted octanol–water partition coefficient (Wildman–Crippen LogP) is 1.50. The molecule has 2 atom stereocenters. The smallest absolute Gasteiger partial charge is 0.211 e. The second-order valence-electron chi connectivity index (χ2n) is 7.17. The van der Waals surface area contributed by atoms with Crippen molar-refractivity contribution in [2.24, 2.45) is 5.92 Å². The number of pyridine rings is 1. The Hall–Kier alpha value is -1.44. The molecule has 3 saturated heterocycles. The molecule has 0 amide bonds. The van der Waals surface area contributed by atoms with E-state index in [0.717, 1.165) is 43.0 Å². The SMILES string of the molecule is Cc1nc(CN2C[C@H]3CC[C@@H]2CN(S(C)(=O)=O)C3)c2ccccn12. The van der Waals surface area contributed by atoms with Gasteiger partial charge in [-0.3, -0.25) is 4.90 Å². The third-order valence-corrected chi connectivity index (χ3v) is 6.65. The Morgan fingerprint density at radius 1 is 1.21 bits per heavy atom.